The smallest absolute Gasteiger partial charge is 0.410 e. The molecule has 3 heterocycles. The van der Waals surface area contributed by atoms with E-state index in [9.17, 15) is 9.90 Å². The summed E-state index contributed by atoms with van der Waals surface area (Å²) in [5.74, 6) is 0. The van der Waals surface area contributed by atoms with Crippen LogP contribution in [0.4, 0.5) is 4.79 Å². The number of nitrogens with zero attached hydrogens (tertiary/aromatic N) is 4. The lowest BCUT2D eigenvalue weighted by Crippen LogP contribution is -2.51. The summed E-state index contributed by atoms with van der Waals surface area (Å²) in [6, 6.07) is 19.3. The molecule has 48 heavy (non-hydrogen) atoms. The van der Waals surface area contributed by atoms with Gasteiger partial charge in [-0.2, -0.15) is 0 Å². The molecule has 2 atom stereocenters. The lowest BCUT2D eigenvalue weighted by atomic mass is 9.96. The van der Waals surface area contributed by atoms with Gasteiger partial charge >= 0.3 is 6.09 Å². The van der Waals surface area contributed by atoms with Gasteiger partial charge in [-0.05, 0) is 97.1 Å². The Labute approximate surface area is 307 Å². The zero-order chi connectivity index (χ0) is 34.2. The van der Waals surface area contributed by atoms with Gasteiger partial charge < -0.3 is 14.7 Å². The number of aliphatic hydroxyl groups excluding tert-OH is 1. The van der Waals surface area contributed by atoms with Crippen molar-refractivity contribution in [2.75, 3.05) is 26.2 Å². The largest absolute Gasteiger partial charge is 0.444 e. The predicted molar refractivity (Wildman–Crippen MR) is 200 cm³/mol. The van der Waals surface area contributed by atoms with Gasteiger partial charge in [-0.1, -0.05) is 79.3 Å². The standard InChI is InChI=1S/C23H25BrClN3O2.C14H9BrClNO/c1-23(2,3)30-22(29)28-11-9-27(10-12-28)21-17-7-6-16(25)14-18(17)19(24)13-15-5-4-8-26-20(15)21;15-12-6-8-2-1-5-17-13(8)14(18)10-4-3-9(16)7-11(10)12/h4-8,13-14,21H,9-12H2,1-3H3;1-7,14,18H. The van der Waals surface area contributed by atoms with E-state index < -0.39 is 11.7 Å². The number of halogens is 4. The maximum Gasteiger partial charge on any atom is 0.410 e. The van der Waals surface area contributed by atoms with Gasteiger partial charge in [-0.15, -0.1) is 0 Å². The van der Waals surface area contributed by atoms with Crippen LogP contribution in [-0.2, 0) is 4.74 Å². The van der Waals surface area contributed by atoms with Crippen LogP contribution >= 0.6 is 55.1 Å². The number of benzene rings is 2. The quantitative estimate of drug-likeness (QED) is 0.206. The van der Waals surface area contributed by atoms with E-state index in [0.29, 0.717) is 28.8 Å². The molecule has 1 saturated heterocycles. The Bertz CT molecular complexity index is 1920. The Morgan fingerprint density at radius 1 is 0.812 bits per heavy atom. The maximum atomic E-state index is 12.5. The van der Waals surface area contributed by atoms with Crippen LogP contribution < -0.4 is 0 Å². The fourth-order valence-corrected chi connectivity index (χ4v) is 7.61. The minimum absolute atomic E-state index is 0.0134. The van der Waals surface area contributed by atoms with Crippen molar-refractivity contribution in [3.63, 3.8) is 0 Å². The van der Waals surface area contributed by atoms with Crippen molar-refractivity contribution in [2.45, 2.75) is 38.5 Å². The molecule has 1 N–H and O–H groups in total. The average Bonchev–Trinajstić information content (AvgIpc) is 3.24. The molecule has 2 aliphatic carbocycles. The van der Waals surface area contributed by atoms with Crippen LogP contribution in [-0.4, -0.2) is 62.7 Å². The second kappa shape index (κ2) is 14.4. The zero-order valence-electron chi connectivity index (χ0n) is 26.6. The fourth-order valence-electron chi connectivity index (χ4n) is 6.09. The van der Waals surface area contributed by atoms with Crippen LogP contribution in [0.5, 0.6) is 0 Å². The number of rotatable bonds is 1. The van der Waals surface area contributed by atoms with Crippen LogP contribution in [0.1, 0.15) is 77.7 Å². The average molecular weight is 813 g/mol. The second-order valence-corrected chi connectivity index (χ2v) is 15.3. The van der Waals surface area contributed by atoms with E-state index in [1.54, 1.807) is 17.2 Å². The third kappa shape index (κ3) is 7.57. The fraction of sp³-hybridized carbons (Fsp3) is 0.270. The summed E-state index contributed by atoms with van der Waals surface area (Å²) in [7, 11) is 0. The number of amides is 1. The number of fused-ring (bicyclic) bond motifs is 4. The van der Waals surface area contributed by atoms with Gasteiger partial charge in [0.05, 0.1) is 17.4 Å². The molecule has 2 aromatic carbocycles. The molecule has 1 aliphatic heterocycles. The van der Waals surface area contributed by atoms with E-state index >= 15 is 0 Å². The summed E-state index contributed by atoms with van der Waals surface area (Å²) >= 11 is 19.6. The number of carbonyl (C=O) groups is 1. The van der Waals surface area contributed by atoms with Gasteiger partial charge in [-0.25, -0.2) is 4.79 Å². The van der Waals surface area contributed by atoms with Crippen molar-refractivity contribution in [1.82, 2.24) is 19.8 Å². The summed E-state index contributed by atoms with van der Waals surface area (Å²) in [5, 5.41) is 11.8. The molecule has 1 fully saturated rings. The molecule has 0 saturated carbocycles. The summed E-state index contributed by atoms with van der Waals surface area (Å²) in [6.07, 6.45) is 6.59. The summed E-state index contributed by atoms with van der Waals surface area (Å²) in [4.78, 5) is 25.7. The molecule has 3 aliphatic rings. The van der Waals surface area contributed by atoms with E-state index in [2.05, 4.69) is 60.0 Å². The van der Waals surface area contributed by atoms with Crippen LogP contribution in [0.2, 0.25) is 10.0 Å². The highest BCUT2D eigenvalue weighted by Gasteiger charge is 2.34. The first-order chi connectivity index (χ1) is 22.9. The lowest BCUT2D eigenvalue weighted by Gasteiger charge is -2.40. The van der Waals surface area contributed by atoms with Crippen LogP contribution in [0, 0.1) is 0 Å². The van der Waals surface area contributed by atoms with E-state index in [1.807, 2.05) is 75.5 Å². The Morgan fingerprint density at radius 2 is 1.33 bits per heavy atom. The van der Waals surface area contributed by atoms with Crippen molar-refractivity contribution < 1.29 is 14.6 Å². The minimum Gasteiger partial charge on any atom is -0.444 e. The molecule has 7 rings (SSSR count). The zero-order valence-corrected chi connectivity index (χ0v) is 31.3. The molecule has 7 nitrogen and oxygen atoms in total. The first-order valence-corrected chi connectivity index (χ1v) is 17.9. The summed E-state index contributed by atoms with van der Waals surface area (Å²) in [5.41, 5.74) is 7.10. The van der Waals surface area contributed by atoms with Crippen molar-refractivity contribution in [3.8, 4) is 0 Å². The molecule has 248 valence electrons. The highest BCUT2D eigenvalue weighted by atomic mass is 79.9. The number of hydrogen-bond donors (Lipinski definition) is 1. The first-order valence-electron chi connectivity index (χ1n) is 15.5. The molecule has 0 spiro atoms. The van der Waals surface area contributed by atoms with E-state index in [1.165, 1.54) is 0 Å². The highest BCUT2D eigenvalue weighted by Crippen LogP contribution is 2.42. The molecule has 2 unspecified atom stereocenters. The van der Waals surface area contributed by atoms with Crippen LogP contribution in [0.15, 0.2) is 73.1 Å². The molecular formula is C37H34Br2Cl2N4O3. The number of pyridine rings is 2. The minimum atomic E-state index is -0.736. The molecule has 1 amide bonds. The third-order valence-electron chi connectivity index (χ3n) is 8.29. The topological polar surface area (TPSA) is 78.8 Å². The normalized spacial score (nSPS) is 18.7. The van der Waals surface area contributed by atoms with Crippen molar-refractivity contribution in [3.05, 3.63) is 128 Å². The maximum absolute atomic E-state index is 12.5. The number of piperazine rings is 1. The third-order valence-corrected chi connectivity index (χ3v) is 10.1. The van der Waals surface area contributed by atoms with Gasteiger partial charge in [0.2, 0.25) is 0 Å². The number of ether oxygens (including phenoxy) is 1. The van der Waals surface area contributed by atoms with E-state index in [0.717, 1.165) is 61.1 Å². The molecule has 4 aromatic rings. The molecule has 0 radical (unpaired) electrons. The van der Waals surface area contributed by atoms with Crippen LogP contribution in [0.25, 0.3) is 21.1 Å². The second-order valence-electron chi connectivity index (χ2n) is 12.7. The Balaban J connectivity index is 0.000000189. The SMILES string of the molecule is CC(C)(C)OC(=O)N1CCN(C2c3ccc(Cl)cc3C(Br)=Cc3cccnc32)CC1.OC1c2ccc(Cl)cc2C(Br)=Cc2cccnc21. The van der Waals surface area contributed by atoms with E-state index in [4.69, 9.17) is 32.9 Å². The Hall–Kier alpha value is -3.05. The van der Waals surface area contributed by atoms with Crippen LogP contribution in [0.3, 0.4) is 0 Å². The Kier molecular flexibility index (Phi) is 10.5. The number of carbonyl (C=O) groups excluding carboxylic acids is 1. The van der Waals surface area contributed by atoms with Gasteiger partial charge in [-0.3, -0.25) is 14.9 Å². The van der Waals surface area contributed by atoms with Gasteiger partial charge in [0.1, 0.15) is 11.7 Å². The van der Waals surface area contributed by atoms with Crippen molar-refractivity contribution >= 4 is 82.3 Å². The molecule has 0 bridgehead atoms. The molecule has 2 aromatic heterocycles. The number of aliphatic hydroxyl groups is 1. The van der Waals surface area contributed by atoms with E-state index in [-0.39, 0.29) is 12.1 Å². The predicted octanol–water partition coefficient (Wildman–Crippen LogP) is 9.61. The molecular weight excluding hydrogens is 779 g/mol. The van der Waals surface area contributed by atoms with Crippen molar-refractivity contribution in [2.24, 2.45) is 0 Å². The monoisotopic (exact) mass is 810 g/mol. The van der Waals surface area contributed by atoms with Crippen molar-refractivity contribution in [1.29, 1.82) is 0 Å². The van der Waals surface area contributed by atoms with Gasteiger partial charge in [0.25, 0.3) is 0 Å². The van der Waals surface area contributed by atoms with Gasteiger partial charge in [0, 0.05) is 63.1 Å². The lowest BCUT2D eigenvalue weighted by molar-refractivity contribution is 0.0118. The highest BCUT2D eigenvalue weighted by molar-refractivity contribution is 9.15. The number of aromatic nitrogens is 2. The summed E-state index contributed by atoms with van der Waals surface area (Å²) < 4.78 is 7.43. The molecule has 11 heteroatoms. The summed E-state index contributed by atoms with van der Waals surface area (Å²) in [6.45, 7) is 8.38. The first kappa shape index (κ1) is 34.8. The number of hydrogen-bond acceptors (Lipinski definition) is 6. The Morgan fingerprint density at radius 3 is 1.92 bits per heavy atom. The van der Waals surface area contributed by atoms with Gasteiger partial charge in [0.15, 0.2) is 0 Å².